The van der Waals surface area contributed by atoms with Crippen LogP contribution in [0.4, 0.5) is 23.1 Å². The fourth-order valence-corrected chi connectivity index (χ4v) is 5.02. The summed E-state index contributed by atoms with van der Waals surface area (Å²) >= 11 is 5.77. The zero-order valence-corrected chi connectivity index (χ0v) is 20.7. The molecule has 0 radical (unpaired) electrons. The van der Waals surface area contributed by atoms with Gasteiger partial charge >= 0.3 is 0 Å². The number of hydrogen-bond donors (Lipinski definition) is 1. The third-order valence-corrected chi connectivity index (χ3v) is 6.92. The molecule has 35 heavy (non-hydrogen) atoms. The van der Waals surface area contributed by atoms with Gasteiger partial charge in [-0.25, -0.2) is 4.98 Å². The van der Waals surface area contributed by atoms with Crippen molar-refractivity contribution in [2.45, 2.75) is 57.0 Å². The SMILES string of the molecule is CC[C@@H]1C(=O)N(C)c2cnc(Nc3ccc(-c4nnc(CCl)o4)cc3OC)nc2N1C1CCCC1. The molecule has 10 nitrogen and oxygen atoms in total. The molecule has 1 atom stereocenters. The number of aromatic nitrogens is 4. The van der Waals surface area contributed by atoms with E-state index in [1.165, 1.54) is 12.8 Å². The number of methoxy groups -OCH3 is 1. The Balaban J connectivity index is 1.48. The first-order valence-electron chi connectivity index (χ1n) is 11.8. The summed E-state index contributed by atoms with van der Waals surface area (Å²) in [6, 6.07) is 5.58. The van der Waals surface area contributed by atoms with Crippen LogP contribution in [0.25, 0.3) is 11.5 Å². The topological polar surface area (TPSA) is 110 Å². The predicted molar refractivity (Wildman–Crippen MR) is 133 cm³/mol. The highest BCUT2D eigenvalue weighted by atomic mass is 35.5. The quantitative estimate of drug-likeness (QED) is 0.471. The van der Waals surface area contributed by atoms with Crippen LogP contribution in [0.5, 0.6) is 5.75 Å². The average Bonchev–Trinajstić information content (AvgIpc) is 3.59. The Morgan fingerprint density at radius 1 is 1.26 bits per heavy atom. The largest absolute Gasteiger partial charge is 0.495 e. The number of anilines is 4. The van der Waals surface area contributed by atoms with E-state index in [4.69, 9.17) is 25.7 Å². The van der Waals surface area contributed by atoms with Crippen molar-refractivity contribution in [2.24, 2.45) is 0 Å². The Kier molecular flexibility index (Phi) is 6.46. The van der Waals surface area contributed by atoms with Crippen molar-refractivity contribution in [2.75, 3.05) is 29.3 Å². The highest BCUT2D eigenvalue weighted by Crippen LogP contribution is 2.40. The van der Waals surface area contributed by atoms with E-state index in [0.717, 1.165) is 30.8 Å². The highest BCUT2D eigenvalue weighted by Gasteiger charge is 2.41. The van der Waals surface area contributed by atoms with E-state index in [0.29, 0.717) is 40.8 Å². The van der Waals surface area contributed by atoms with E-state index in [1.54, 1.807) is 31.3 Å². The minimum atomic E-state index is -0.223. The fraction of sp³-hybridized carbons (Fsp3) is 0.458. The molecule has 2 aromatic heterocycles. The zero-order chi connectivity index (χ0) is 24.5. The maximum atomic E-state index is 13.1. The van der Waals surface area contributed by atoms with E-state index in [1.807, 2.05) is 12.1 Å². The van der Waals surface area contributed by atoms with Crippen molar-refractivity contribution in [3.8, 4) is 17.2 Å². The number of fused-ring (bicyclic) bond motifs is 1. The Hall–Kier alpha value is -3.40. The van der Waals surface area contributed by atoms with Crippen molar-refractivity contribution in [3.63, 3.8) is 0 Å². The molecule has 1 aromatic carbocycles. The van der Waals surface area contributed by atoms with Crippen molar-refractivity contribution < 1.29 is 13.9 Å². The van der Waals surface area contributed by atoms with Gasteiger partial charge in [0.05, 0.1) is 19.0 Å². The molecule has 1 amide bonds. The van der Waals surface area contributed by atoms with Crippen LogP contribution in [0.3, 0.4) is 0 Å². The van der Waals surface area contributed by atoms with Crippen molar-refractivity contribution in [1.29, 1.82) is 0 Å². The van der Waals surface area contributed by atoms with E-state index in [2.05, 4.69) is 32.3 Å². The monoisotopic (exact) mass is 497 g/mol. The van der Waals surface area contributed by atoms with Gasteiger partial charge in [0.2, 0.25) is 23.6 Å². The van der Waals surface area contributed by atoms with Gasteiger partial charge in [-0.05, 0) is 37.5 Å². The lowest BCUT2D eigenvalue weighted by Crippen LogP contribution is -2.55. The third-order valence-electron chi connectivity index (χ3n) is 6.69. The number of carbonyl (C=O) groups excluding carboxylic acids is 1. The molecule has 1 N–H and O–H groups in total. The van der Waals surface area contributed by atoms with Gasteiger partial charge in [0, 0.05) is 18.7 Å². The van der Waals surface area contributed by atoms with Gasteiger partial charge < -0.3 is 24.3 Å². The normalized spacial score (nSPS) is 18.2. The van der Waals surface area contributed by atoms with Crippen LogP contribution in [0, 0.1) is 0 Å². The summed E-state index contributed by atoms with van der Waals surface area (Å²) in [6.07, 6.45) is 6.91. The van der Waals surface area contributed by atoms with E-state index in [-0.39, 0.29) is 17.8 Å². The number of nitrogens with one attached hydrogen (secondary N) is 1. The second-order valence-electron chi connectivity index (χ2n) is 8.74. The van der Waals surface area contributed by atoms with Gasteiger partial charge in [0.25, 0.3) is 0 Å². The standard InChI is InChI=1S/C24H28ClN7O3/c1-4-17-23(33)31(2)18-13-26-24(28-21(18)32(17)15-7-5-6-8-15)27-16-10-9-14(11-19(16)34-3)22-30-29-20(12-25)35-22/h9-11,13,15,17H,4-8,12H2,1-3H3,(H,26,27,28)/t17-/m1/s1. The minimum absolute atomic E-state index is 0.0896. The van der Waals surface area contributed by atoms with Crippen molar-refractivity contribution in [1.82, 2.24) is 20.2 Å². The number of ether oxygens (including phenoxy) is 1. The molecule has 2 aliphatic rings. The average molecular weight is 498 g/mol. The third kappa shape index (κ3) is 4.27. The van der Waals surface area contributed by atoms with Crippen LogP contribution in [0.15, 0.2) is 28.8 Å². The lowest BCUT2D eigenvalue weighted by atomic mass is 10.0. The Labute approximate surface area is 208 Å². The van der Waals surface area contributed by atoms with Gasteiger partial charge in [0.1, 0.15) is 23.4 Å². The molecule has 3 aromatic rings. The number of amides is 1. The van der Waals surface area contributed by atoms with Crippen molar-refractivity contribution in [3.05, 3.63) is 30.3 Å². The van der Waals surface area contributed by atoms with Crippen LogP contribution in [-0.2, 0) is 10.7 Å². The molecule has 5 rings (SSSR count). The predicted octanol–water partition coefficient (Wildman–Crippen LogP) is 4.52. The summed E-state index contributed by atoms with van der Waals surface area (Å²) < 4.78 is 11.1. The summed E-state index contributed by atoms with van der Waals surface area (Å²) in [5, 5.41) is 11.2. The number of halogens is 1. The van der Waals surface area contributed by atoms with Gasteiger partial charge in [-0.15, -0.1) is 21.8 Å². The first-order valence-corrected chi connectivity index (χ1v) is 12.3. The lowest BCUT2D eigenvalue weighted by Gasteiger charge is -2.43. The van der Waals surface area contributed by atoms with Gasteiger partial charge in [-0.2, -0.15) is 4.98 Å². The first-order chi connectivity index (χ1) is 17.0. The van der Waals surface area contributed by atoms with E-state index < -0.39 is 0 Å². The highest BCUT2D eigenvalue weighted by molar-refractivity contribution is 6.16. The lowest BCUT2D eigenvalue weighted by molar-refractivity contribution is -0.120. The Bertz CT molecular complexity index is 1230. The van der Waals surface area contributed by atoms with Crippen LogP contribution in [-0.4, -0.2) is 52.3 Å². The molecule has 0 bridgehead atoms. The molecule has 1 fully saturated rings. The van der Waals surface area contributed by atoms with Crippen molar-refractivity contribution >= 4 is 40.6 Å². The van der Waals surface area contributed by atoms with E-state index >= 15 is 0 Å². The molecule has 0 unspecified atom stereocenters. The Morgan fingerprint density at radius 2 is 2.06 bits per heavy atom. The maximum Gasteiger partial charge on any atom is 0.249 e. The number of hydrogen-bond acceptors (Lipinski definition) is 9. The summed E-state index contributed by atoms with van der Waals surface area (Å²) in [4.78, 5) is 26.4. The summed E-state index contributed by atoms with van der Waals surface area (Å²) in [5.74, 6) is 2.74. The van der Waals surface area contributed by atoms with E-state index in [9.17, 15) is 4.79 Å². The fourth-order valence-electron chi connectivity index (χ4n) is 4.92. The van der Waals surface area contributed by atoms with Crippen LogP contribution in [0.1, 0.15) is 44.9 Å². The zero-order valence-electron chi connectivity index (χ0n) is 20.0. The van der Waals surface area contributed by atoms with Crippen LogP contribution < -0.4 is 19.9 Å². The number of nitrogens with zero attached hydrogens (tertiary/aromatic N) is 6. The number of likely N-dealkylation sites (N-methyl/N-ethyl adjacent to an activating group) is 1. The second-order valence-corrected chi connectivity index (χ2v) is 9.01. The summed E-state index contributed by atoms with van der Waals surface area (Å²) in [5.41, 5.74) is 2.12. The van der Waals surface area contributed by atoms with Gasteiger partial charge in [0.15, 0.2) is 5.82 Å². The van der Waals surface area contributed by atoms with Crippen LogP contribution >= 0.6 is 11.6 Å². The number of alkyl halides is 1. The van der Waals surface area contributed by atoms with Gasteiger partial charge in [-0.3, -0.25) is 4.79 Å². The molecule has 11 heteroatoms. The second kappa shape index (κ2) is 9.69. The molecular weight excluding hydrogens is 470 g/mol. The molecule has 0 spiro atoms. The molecule has 184 valence electrons. The summed E-state index contributed by atoms with van der Waals surface area (Å²) in [6.45, 7) is 2.05. The number of benzene rings is 1. The molecule has 1 aliphatic heterocycles. The minimum Gasteiger partial charge on any atom is -0.495 e. The smallest absolute Gasteiger partial charge is 0.249 e. The number of carbonyl (C=O) groups is 1. The van der Waals surface area contributed by atoms with Gasteiger partial charge in [-0.1, -0.05) is 19.8 Å². The number of rotatable bonds is 7. The van der Waals surface area contributed by atoms with Crippen LogP contribution in [0.2, 0.25) is 0 Å². The molecule has 0 saturated heterocycles. The molecule has 3 heterocycles. The molecule has 1 saturated carbocycles. The summed E-state index contributed by atoms with van der Waals surface area (Å²) in [7, 11) is 3.38. The molecule has 1 aliphatic carbocycles. The first kappa shape index (κ1) is 23.3. The maximum absolute atomic E-state index is 13.1. The molecular formula is C24H28ClN7O3. The Morgan fingerprint density at radius 3 is 2.74 bits per heavy atom.